The van der Waals surface area contributed by atoms with E-state index < -0.39 is 0 Å². The molecule has 0 saturated carbocycles. The molecule has 0 saturated heterocycles. The molecule has 2 aromatic heterocycles. The molecular formula is C20H19N5O. The quantitative estimate of drug-likeness (QED) is 0.570. The number of hydrogen-bond acceptors (Lipinski definition) is 4. The summed E-state index contributed by atoms with van der Waals surface area (Å²) >= 11 is 0. The summed E-state index contributed by atoms with van der Waals surface area (Å²) in [6, 6.07) is 16.2. The van der Waals surface area contributed by atoms with Crippen molar-refractivity contribution in [1.29, 1.82) is 0 Å². The van der Waals surface area contributed by atoms with Gasteiger partial charge in [0.2, 0.25) is 0 Å². The number of benzene rings is 2. The van der Waals surface area contributed by atoms with Gasteiger partial charge in [0.15, 0.2) is 5.65 Å². The topological polar surface area (TPSA) is 65.6 Å². The molecule has 0 atom stereocenters. The smallest absolute Gasteiger partial charge is 0.267 e. The molecule has 4 rings (SSSR count). The maximum Gasteiger partial charge on any atom is 0.281 e. The third-order valence-electron chi connectivity index (χ3n) is 4.43. The van der Waals surface area contributed by atoms with Gasteiger partial charge in [-0.3, -0.25) is 4.79 Å². The third kappa shape index (κ3) is 3.13. The molecule has 0 spiro atoms. The number of fused-ring (bicyclic) bond motifs is 1. The Morgan fingerprint density at radius 2 is 1.35 bits per heavy atom. The molecule has 0 aliphatic rings. The second-order valence-electron chi connectivity index (χ2n) is 6.56. The predicted octanol–water partition coefficient (Wildman–Crippen LogP) is 2.70. The SMILES string of the molecule is Cc1ccc(Cn2nnc3c(cnn3Cc3ccc(C)cc3)c2=O)cc1. The van der Waals surface area contributed by atoms with E-state index >= 15 is 0 Å². The van der Waals surface area contributed by atoms with Gasteiger partial charge in [-0.05, 0) is 25.0 Å². The van der Waals surface area contributed by atoms with Crippen LogP contribution in [0.4, 0.5) is 0 Å². The predicted molar refractivity (Wildman–Crippen MR) is 100 cm³/mol. The average Bonchev–Trinajstić information content (AvgIpc) is 3.05. The summed E-state index contributed by atoms with van der Waals surface area (Å²) in [6.45, 7) is 5.03. The highest BCUT2D eigenvalue weighted by Gasteiger charge is 2.12. The number of rotatable bonds is 4. The lowest BCUT2D eigenvalue weighted by molar-refractivity contribution is 0.591. The zero-order valence-electron chi connectivity index (χ0n) is 14.8. The lowest BCUT2D eigenvalue weighted by Crippen LogP contribution is -2.25. The first-order valence-electron chi connectivity index (χ1n) is 8.50. The van der Waals surface area contributed by atoms with Crippen molar-refractivity contribution in [3.8, 4) is 0 Å². The van der Waals surface area contributed by atoms with E-state index in [2.05, 4.69) is 46.6 Å². The zero-order valence-corrected chi connectivity index (χ0v) is 14.8. The zero-order chi connectivity index (χ0) is 18.1. The van der Waals surface area contributed by atoms with Gasteiger partial charge in [-0.1, -0.05) is 64.9 Å². The fraction of sp³-hybridized carbons (Fsp3) is 0.200. The van der Waals surface area contributed by atoms with Crippen molar-refractivity contribution >= 4 is 11.0 Å². The average molecular weight is 345 g/mol. The van der Waals surface area contributed by atoms with Gasteiger partial charge in [-0.2, -0.15) is 5.10 Å². The Morgan fingerprint density at radius 1 is 0.808 bits per heavy atom. The van der Waals surface area contributed by atoms with E-state index in [9.17, 15) is 4.79 Å². The highest BCUT2D eigenvalue weighted by Crippen LogP contribution is 2.10. The number of aromatic nitrogens is 5. The molecule has 0 bridgehead atoms. The largest absolute Gasteiger partial charge is 0.281 e. The van der Waals surface area contributed by atoms with Crippen LogP contribution >= 0.6 is 0 Å². The van der Waals surface area contributed by atoms with Gasteiger partial charge in [0, 0.05) is 0 Å². The molecule has 6 nitrogen and oxygen atoms in total. The molecule has 2 aromatic carbocycles. The van der Waals surface area contributed by atoms with Gasteiger partial charge in [-0.25, -0.2) is 9.36 Å². The van der Waals surface area contributed by atoms with Crippen molar-refractivity contribution in [3.05, 3.63) is 87.3 Å². The Bertz CT molecular complexity index is 1110. The van der Waals surface area contributed by atoms with E-state index in [1.807, 2.05) is 31.2 Å². The molecule has 0 aliphatic carbocycles. The first kappa shape index (κ1) is 16.2. The van der Waals surface area contributed by atoms with E-state index in [0.29, 0.717) is 24.1 Å². The Morgan fingerprint density at radius 3 is 1.92 bits per heavy atom. The van der Waals surface area contributed by atoms with Crippen molar-refractivity contribution < 1.29 is 0 Å². The van der Waals surface area contributed by atoms with Gasteiger partial charge >= 0.3 is 0 Å². The van der Waals surface area contributed by atoms with Crippen molar-refractivity contribution in [1.82, 2.24) is 24.8 Å². The summed E-state index contributed by atoms with van der Waals surface area (Å²) in [4.78, 5) is 12.7. The maximum atomic E-state index is 12.7. The summed E-state index contributed by atoms with van der Waals surface area (Å²) in [6.07, 6.45) is 1.58. The molecule has 4 aromatic rings. The van der Waals surface area contributed by atoms with Gasteiger partial charge < -0.3 is 0 Å². The summed E-state index contributed by atoms with van der Waals surface area (Å²) < 4.78 is 3.09. The molecular weight excluding hydrogens is 326 g/mol. The van der Waals surface area contributed by atoms with Crippen LogP contribution in [0.1, 0.15) is 22.3 Å². The minimum atomic E-state index is -0.175. The number of aryl methyl sites for hydroxylation is 2. The third-order valence-corrected chi connectivity index (χ3v) is 4.43. The Hall–Kier alpha value is -3.28. The number of hydrogen-bond donors (Lipinski definition) is 0. The normalized spacial score (nSPS) is 11.2. The second kappa shape index (κ2) is 6.55. The highest BCUT2D eigenvalue weighted by molar-refractivity contribution is 5.72. The lowest BCUT2D eigenvalue weighted by Gasteiger charge is -2.06. The molecule has 2 heterocycles. The van der Waals surface area contributed by atoms with Gasteiger partial charge in [0.1, 0.15) is 5.39 Å². The van der Waals surface area contributed by atoms with Gasteiger partial charge in [-0.15, -0.1) is 5.10 Å². The minimum Gasteiger partial charge on any atom is -0.267 e. The van der Waals surface area contributed by atoms with Crippen LogP contribution in [0.2, 0.25) is 0 Å². The molecule has 0 unspecified atom stereocenters. The molecule has 26 heavy (non-hydrogen) atoms. The minimum absolute atomic E-state index is 0.175. The number of nitrogens with zero attached hydrogens (tertiary/aromatic N) is 5. The fourth-order valence-corrected chi connectivity index (χ4v) is 2.86. The second-order valence-corrected chi connectivity index (χ2v) is 6.56. The van der Waals surface area contributed by atoms with Crippen LogP contribution in [0.3, 0.4) is 0 Å². The van der Waals surface area contributed by atoms with E-state index in [1.54, 1.807) is 10.9 Å². The molecule has 0 fully saturated rings. The highest BCUT2D eigenvalue weighted by atomic mass is 16.1. The van der Waals surface area contributed by atoms with Crippen molar-refractivity contribution in [2.75, 3.05) is 0 Å². The van der Waals surface area contributed by atoms with Crippen molar-refractivity contribution in [2.45, 2.75) is 26.9 Å². The standard InChI is InChI=1S/C20H19N5O/c1-14-3-7-16(8-4-14)12-24-19-18(11-21-24)20(26)25(23-22-19)13-17-9-5-15(2)6-10-17/h3-11H,12-13H2,1-2H3. The monoisotopic (exact) mass is 345 g/mol. The lowest BCUT2D eigenvalue weighted by atomic mass is 10.1. The molecule has 0 amide bonds. The van der Waals surface area contributed by atoms with Crippen LogP contribution in [0, 0.1) is 13.8 Å². The molecule has 0 N–H and O–H groups in total. The Labute approximate surface area is 150 Å². The van der Waals surface area contributed by atoms with Gasteiger partial charge in [0.05, 0.1) is 19.3 Å². The maximum absolute atomic E-state index is 12.7. The van der Waals surface area contributed by atoms with E-state index in [-0.39, 0.29) is 5.56 Å². The molecule has 0 aliphatic heterocycles. The van der Waals surface area contributed by atoms with Crippen LogP contribution in [0.15, 0.2) is 59.5 Å². The summed E-state index contributed by atoms with van der Waals surface area (Å²) in [7, 11) is 0. The Kier molecular flexibility index (Phi) is 4.08. The van der Waals surface area contributed by atoms with Gasteiger partial charge in [0.25, 0.3) is 5.56 Å². The first-order chi connectivity index (χ1) is 12.6. The van der Waals surface area contributed by atoms with Crippen LogP contribution in [0.25, 0.3) is 11.0 Å². The summed E-state index contributed by atoms with van der Waals surface area (Å²) in [5.74, 6) is 0. The first-order valence-corrected chi connectivity index (χ1v) is 8.50. The van der Waals surface area contributed by atoms with E-state index in [4.69, 9.17) is 0 Å². The fourth-order valence-electron chi connectivity index (χ4n) is 2.86. The molecule has 6 heteroatoms. The van der Waals surface area contributed by atoms with E-state index in [1.165, 1.54) is 15.8 Å². The van der Waals surface area contributed by atoms with E-state index in [0.717, 1.165) is 11.1 Å². The molecule has 0 radical (unpaired) electrons. The summed E-state index contributed by atoms with van der Waals surface area (Å²) in [5, 5.41) is 13.2. The van der Waals surface area contributed by atoms with Crippen LogP contribution < -0.4 is 5.56 Å². The van der Waals surface area contributed by atoms with Crippen LogP contribution in [-0.4, -0.2) is 24.8 Å². The van der Waals surface area contributed by atoms with Crippen LogP contribution in [-0.2, 0) is 13.1 Å². The van der Waals surface area contributed by atoms with Crippen molar-refractivity contribution in [3.63, 3.8) is 0 Å². The van der Waals surface area contributed by atoms with Crippen LogP contribution in [0.5, 0.6) is 0 Å². The van der Waals surface area contributed by atoms with Crippen molar-refractivity contribution in [2.24, 2.45) is 0 Å². The summed E-state index contributed by atoms with van der Waals surface area (Å²) in [5.41, 5.74) is 4.84. The molecule has 130 valence electrons. The Balaban J connectivity index is 1.65.